The highest BCUT2D eigenvalue weighted by molar-refractivity contribution is 5.88. The second-order valence-corrected chi connectivity index (χ2v) is 3.24. The third-order valence-electron chi connectivity index (χ3n) is 1.74. The molecule has 0 fully saturated rings. The summed E-state index contributed by atoms with van der Waals surface area (Å²) in [5, 5.41) is 11.3. The van der Waals surface area contributed by atoms with E-state index in [1.165, 1.54) is 12.1 Å². The number of hydrogen-bond donors (Lipinski definition) is 0. The van der Waals surface area contributed by atoms with Crippen LogP contribution in [0.15, 0.2) is 30.3 Å². The molecule has 0 aliphatic rings. The summed E-state index contributed by atoms with van der Waals surface area (Å²) in [6.45, 7) is -1.78. The Morgan fingerprint density at radius 2 is 2.06 bits per heavy atom. The fraction of sp³-hybridized carbons (Fsp3) is 0.182. The van der Waals surface area contributed by atoms with Gasteiger partial charge < -0.3 is 9.84 Å². The smallest absolute Gasteiger partial charge is 0.422 e. The Morgan fingerprint density at radius 3 is 2.61 bits per heavy atom. The van der Waals surface area contributed by atoms with Gasteiger partial charge in [-0.2, -0.15) is 13.2 Å². The summed E-state index contributed by atoms with van der Waals surface area (Å²) in [5.41, 5.74) is -0.154. The highest BCUT2D eigenvalue weighted by atomic mass is 19.4. The van der Waals surface area contributed by atoms with Crippen LogP contribution in [0.25, 0.3) is 5.76 Å². The van der Waals surface area contributed by atoms with Gasteiger partial charge >= 0.3 is 12.1 Å². The molecule has 0 atom stereocenters. The summed E-state index contributed by atoms with van der Waals surface area (Å²) in [5.74, 6) is -3.05. The molecule has 0 unspecified atom stereocenters. The van der Waals surface area contributed by atoms with E-state index in [9.17, 15) is 27.5 Å². The predicted octanol–water partition coefficient (Wildman–Crippen LogP) is 1.63. The van der Waals surface area contributed by atoms with Gasteiger partial charge in [-0.1, -0.05) is 17.9 Å². The number of rotatable bonds is 3. The number of hydrogen-bond acceptors (Lipinski definition) is 3. The molecule has 0 saturated heterocycles. The van der Waals surface area contributed by atoms with Gasteiger partial charge in [-0.25, -0.2) is 9.18 Å². The minimum atomic E-state index is -4.66. The minimum Gasteiger partial charge on any atom is -0.872 e. The summed E-state index contributed by atoms with van der Waals surface area (Å²) in [4.78, 5) is 10.9. The van der Waals surface area contributed by atoms with Crippen molar-refractivity contribution >= 4 is 11.7 Å². The number of ether oxygens (including phenoxy) is 1. The van der Waals surface area contributed by atoms with Crippen LogP contribution in [-0.2, 0) is 9.53 Å². The van der Waals surface area contributed by atoms with Gasteiger partial charge in [0.25, 0.3) is 0 Å². The molecule has 1 aromatic carbocycles. The van der Waals surface area contributed by atoms with Crippen molar-refractivity contribution in [1.82, 2.24) is 0 Å². The standard InChI is InChI=1S/C11H8F4O3/c12-8-3-1-2-7(4-8)9(16)5-10(17)18-6-11(13,14)15/h1-5,16H,6H2/p-1/b9-5-. The maximum absolute atomic E-state index is 12.7. The zero-order valence-corrected chi connectivity index (χ0v) is 8.83. The average molecular weight is 263 g/mol. The van der Waals surface area contributed by atoms with E-state index in [2.05, 4.69) is 4.74 Å². The quantitative estimate of drug-likeness (QED) is 0.360. The van der Waals surface area contributed by atoms with E-state index in [1.54, 1.807) is 0 Å². The van der Waals surface area contributed by atoms with Gasteiger partial charge in [0.15, 0.2) is 6.61 Å². The third-order valence-corrected chi connectivity index (χ3v) is 1.74. The number of benzene rings is 1. The van der Waals surface area contributed by atoms with Crippen molar-refractivity contribution in [2.45, 2.75) is 6.18 Å². The molecule has 1 aromatic rings. The lowest BCUT2D eigenvalue weighted by Gasteiger charge is -2.12. The zero-order chi connectivity index (χ0) is 13.8. The molecule has 18 heavy (non-hydrogen) atoms. The lowest BCUT2D eigenvalue weighted by Crippen LogP contribution is -2.20. The van der Waals surface area contributed by atoms with Gasteiger partial charge in [0, 0.05) is 6.08 Å². The van der Waals surface area contributed by atoms with E-state index in [0.717, 1.165) is 12.1 Å². The Bertz CT molecular complexity index is 466. The molecule has 0 heterocycles. The highest BCUT2D eigenvalue weighted by Gasteiger charge is 2.29. The SMILES string of the molecule is O=C(/C=C(\[O-])c1cccc(F)c1)OCC(F)(F)F. The molecular formula is C11H7F4O3-. The van der Waals surface area contributed by atoms with Crippen LogP contribution < -0.4 is 5.11 Å². The van der Waals surface area contributed by atoms with Crippen molar-refractivity contribution in [2.75, 3.05) is 6.61 Å². The molecule has 0 aliphatic carbocycles. The van der Waals surface area contributed by atoms with E-state index in [0.29, 0.717) is 6.08 Å². The van der Waals surface area contributed by atoms with E-state index < -0.39 is 30.3 Å². The Kier molecular flexibility index (Phi) is 4.30. The molecule has 0 aliphatic heterocycles. The lowest BCUT2D eigenvalue weighted by atomic mass is 10.2. The molecule has 0 spiro atoms. The lowest BCUT2D eigenvalue weighted by molar-refractivity contribution is -0.244. The van der Waals surface area contributed by atoms with Crippen LogP contribution in [0.3, 0.4) is 0 Å². The molecule has 98 valence electrons. The van der Waals surface area contributed by atoms with Crippen molar-refractivity contribution in [2.24, 2.45) is 0 Å². The third kappa shape index (κ3) is 4.86. The minimum absolute atomic E-state index is 0.154. The second kappa shape index (κ2) is 5.52. The Hall–Kier alpha value is -2.05. The predicted molar refractivity (Wildman–Crippen MR) is 51.4 cm³/mol. The van der Waals surface area contributed by atoms with Crippen LogP contribution in [0.5, 0.6) is 0 Å². The summed E-state index contributed by atoms with van der Waals surface area (Å²) in [6, 6.07) is 4.39. The molecule has 0 amide bonds. The molecule has 0 bridgehead atoms. The van der Waals surface area contributed by atoms with Gasteiger partial charge in [-0.3, -0.25) is 0 Å². The van der Waals surface area contributed by atoms with Crippen molar-refractivity contribution in [3.05, 3.63) is 41.7 Å². The molecule has 0 saturated carbocycles. The number of esters is 1. The van der Waals surface area contributed by atoms with Gasteiger partial charge in [-0.05, 0) is 17.7 Å². The van der Waals surface area contributed by atoms with Crippen molar-refractivity contribution < 1.29 is 32.2 Å². The van der Waals surface area contributed by atoms with Crippen LogP contribution in [0, 0.1) is 5.82 Å². The van der Waals surface area contributed by atoms with E-state index >= 15 is 0 Å². The van der Waals surface area contributed by atoms with Gasteiger partial charge in [-0.15, -0.1) is 0 Å². The van der Waals surface area contributed by atoms with Crippen LogP contribution >= 0.6 is 0 Å². The van der Waals surface area contributed by atoms with Crippen molar-refractivity contribution in [3.63, 3.8) is 0 Å². The second-order valence-electron chi connectivity index (χ2n) is 3.24. The Labute approximate surface area is 99.3 Å². The van der Waals surface area contributed by atoms with Crippen LogP contribution in [0.4, 0.5) is 17.6 Å². The number of alkyl halides is 3. The van der Waals surface area contributed by atoms with E-state index in [-0.39, 0.29) is 5.56 Å². The Balaban J connectivity index is 2.69. The van der Waals surface area contributed by atoms with Gasteiger partial charge in [0.05, 0.1) is 0 Å². The summed E-state index contributed by atoms with van der Waals surface area (Å²) < 4.78 is 51.6. The van der Waals surface area contributed by atoms with E-state index in [4.69, 9.17) is 0 Å². The highest BCUT2D eigenvalue weighted by Crippen LogP contribution is 2.15. The number of carbonyl (C=O) groups excluding carboxylic acids is 1. The van der Waals surface area contributed by atoms with Gasteiger partial charge in [0.1, 0.15) is 5.82 Å². The normalized spacial score (nSPS) is 12.3. The molecule has 0 radical (unpaired) electrons. The monoisotopic (exact) mass is 263 g/mol. The fourth-order valence-electron chi connectivity index (χ4n) is 1.03. The molecule has 3 nitrogen and oxygen atoms in total. The van der Waals surface area contributed by atoms with Crippen LogP contribution in [0.2, 0.25) is 0 Å². The molecule has 1 rings (SSSR count). The van der Waals surface area contributed by atoms with Crippen molar-refractivity contribution in [3.8, 4) is 0 Å². The topological polar surface area (TPSA) is 49.4 Å². The zero-order valence-electron chi connectivity index (χ0n) is 8.83. The first-order valence-electron chi connectivity index (χ1n) is 4.66. The first-order chi connectivity index (χ1) is 8.28. The summed E-state index contributed by atoms with van der Waals surface area (Å²) in [7, 11) is 0. The summed E-state index contributed by atoms with van der Waals surface area (Å²) >= 11 is 0. The van der Waals surface area contributed by atoms with Crippen molar-refractivity contribution in [1.29, 1.82) is 0 Å². The molecular weight excluding hydrogens is 256 g/mol. The molecule has 0 aromatic heterocycles. The Morgan fingerprint density at radius 1 is 1.39 bits per heavy atom. The first kappa shape index (κ1) is 14.0. The molecule has 7 heteroatoms. The summed E-state index contributed by atoms with van der Waals surface area (Å²) in [6.07, 6.45) is -4.33. The number of halogens is 4. The van der Waals surface area contributed by atoms with Crippen LogP contribution in [-0.4, -0.2) is 18.8 Å². The molecule has 0 N–H and O–H groups in total. The fourth-order valence-corrected chi connectivity index (χ4v) is 1.03. The van der Waals surface area contributed by atoms with Gasteiger partial charge in [0.2, 0.25) is 0 Å². The maximum atomic E-state index is 12.7. The largest absolute Gasteiger partial charge is 0.872 e. The maximum Gasteiger partial charge on any atom is 0.422 e. The van der Waals surface area contributed by atoms with E-state index in [1.807, 2.05) is 0 Å². The first-order valence-corrected chi connectivity index (χ1v) is 4.66. The number of carbonyl (C=O) groups is 1. The van der Waals surface area contributed by atoms with Crippen LogP contribution in [0.1, 0.15) is 5.56 Å². The average Bonchev–Trinajstić information content (AvgIpc) is 2.25.